The highest BCUT2D eigenvalue weighted by atomic mass is 16.4. The summed E-state index contributed by atoms with van der Waals surface area (Å²) in [6.45, 7) is 6.60. The zero-order valence-corrected chi connectivity index (χ0v) is 16.8. The predicted molar refractivity (Wildman–Crippen MR) is 99.8 cm³/mol. The van der Waals surface area contributed by atoms with Crippen LogP contribution >= 0.6 is 0 Å². The smallest absolute Gasteiger partial charge is 0.300 e. The van der Waals surface area contributed by atoms with Crippen LogP contribution in [0.5, 0.6) is 0 Å². The van der Waals surface area contributed by atoms with Gasteiger partial charge in [-0.15, -0.1) is 0 Å². The fourth-order valence-corrected chi connectivity index (χ4v) is 8.74. The van der Waals surface area contributed by atoms with Crippen molar-refractivity contribution in [3.63, 3.8) is 0 Å². The van der Waals surface area contributed by atoms with E-state index in [1.54, 1.807) is 6.92 Å². The Morgan fingerprint density at radius 3 is 2.31 bits per heavy atom. The minimum absolute atomic E-state index is 0.0441. The van der Waals surface area contributed by atoms with Gasteiger partial charge in [-0.1, -0.05) is 26.7 Å². The Labute approximate surface area is 158 Å². The highest BCUT2D eigenvalue weighted by molar-refractivity contribution is 5.79. The number of rotatable bonds is 3. The van der Waals surface area contributed by atoms with Gasteiger partial charge in [-0.05, 0) is 92.3 Å². The maximum absolute atomic E-state index is 12.3. The van der Waals surface area contributed by atoms with Crippen molar-refractivity contribution < 1.29 is 14.7 Å². The molecule has 4 fully saturated rings. The number of ketones is 1. The van der Waals surface area contributed by atoms with E-state index in [2.05, 4.69) is 13.8 Å². The quantitative estimate of drug-likeness (QED) is 0.683. The molecule has 3 nitrogen and oxygen atoms in total. The summed E-state index contributed by atoms with van der Waals surface area (Å²) in [5.41, 5.74) is 0.286. The number of hydrogen-bond acceptors (Lipinski definition) is 2. The fraction of sp³-hybridized carbons (Fsp3) is 0.913. The SMILES string of the molecule is CC(=O)[C@H]1CC[C@H]2[C@H]3CC[C@]4(CC([O])=O)CCCC[C@@]4(C)[C@H]3CC[C@]12C. The van der Waals surface area contributed by atoms with Gasteiger partial charge in [0.05, 0.1) is 6.42 Å². The van der Waals surface area contributed by atoms with Crippen LogP contribution < -0.4 is 0 Å². The average Bonchev–Trinajstić information content (AvgIpc) is 2.92. The molecular formula is C23H35O3. The molecule has 4 aliphatic rings. The Morgan fingerprint density at radius 2 is 1.62 bits per heavy atom. The normalized spacial score (nSPS) is 50.4. The van der Waals surface area contributed by atoms with Crippen LogP contribution in [0.3, 0.4) is 0 Å². The summed E-state index contributed by atoms with van der Waals surface area (Å²) in [5.74, 6) is 1.78. The lowest BCUT2D eigenvalue weighted by atomic mass is 9.39. The van der Waals surface area contributed by atoms with E-state index in [1.165, 1.54) is 38.5 Å². The first-order valence-corrected chi connectivity index (χ1v) is 10.9. The van der Waals surface area contributed by atoms with Crippen molar-refractivity contribution in [2.45, 2.75) is 91.4 Å². The number of hydrogen-bond donors (Lipinski definition) is 0. The molecular weight excluding hydrogens is 324 g/mol. The second kappa shape index (κ2) is 6.07. The lowest BCUT2D eigenvalue weighted by Crippen LogP contribution is -2.58. The summed E-state index contributed by atoms with van der Waals surface area (Å²) in [6, 6.07) is 0. The first kappa shape index (κ1) is 18.5. The molecule has 7 atom stereocenters. The molecule has 0 saturated heterocycles. The molecule has 0 aromatic rings. The highest BCUT2D eigenvalue weighted by Gasteiger charge is 2.64. The zero-order valence-electron chi connectivity index (χ0n) is 16.8. The van der Waals surface area contributed by atoms with E-state index in [4.69, 9.17) is 0 Å². The molecule has 0 N–H and O–H groups in total. The monoisotopic (exact) mass is 359 g/mol. The van der Waals surface area contributed by atoms with Crippen LogP contribution in [0.1, 0.15) is 91.4 Å². The van der Waals surface area contributed by atoms with Crippen molar-refractivity contribution in [3.8, 4) is 0 Å². The average molecular weight is 360 g/mol. The van der Waals surface area contributed by atoms with Gasteiger partial charge < -0.3 is 0 Å². The van der Waals surface area contributed by atoms with Gasteiger partial charge in [0.1, 0.15) is 5.78 Å². The molecule has 0 aromatic heterocycles. The van der Waals surface area contributed by atoms with Gasteiger partial charge in [0, 0.05) is 5.92 Å². The highest BCUT2D eigenvalue weighted by Crippen LogP contribution is 2.71. The molecule has 1 radical (unpaired) electrons. The third-order valence-corrected chi connectivity index (χ3v) is 10.00. The summed E-state index contributed by atoms with van der Waals surface area (Å²) in [6.07, 6.45) is 11.7. The van der Waals surface area contributed by atoms with Crippen molar-refractivity contribution in [1.82, 2.24) is 0 Å². The second-order valence-corrected chi connectivity index (χ2v) is 10.7. The number of carbonyl (C=O) groups excluding carboxylic acids is 2. The Balaban J connectivity index is 1.67. The maximum atomic E-state index is 12.3. The Morgan fingerprint density at radius 1 is 0.885 bits per heavy atom. The lowest BCUT2D eigenvalue weighted by Gasteiger charge is -2.65. The van der Waals surface area contributed by atoms with Gasteiger partial charge >= 0.3 is 5.97 Å². The molecule has 0 heterocycles. The first-order chi connectivity index (χ1) is 12.2. The Bertz CT molecular complexity index is 613. The fourth-order valence-electron chi connectivity index (χ4n) is 8.74. The molecule has 26 heavy (non-hydrogen) atoms. The van der Waals surface area contributed by atoms with Crippen molar-refractivity contribution in [2.75, 3.05) is 0 Å². The van der Waals surface area contributed by atoms with Gasteiger partial charge in [-0.25, -0.2) is 9.90 Å². The van der Waals surface area contributed by atoms with Crippen LogP contribution in [-0.2, 0) is 14.7 Å². The van der Waals surface area contributed by atoms with E-state index in [1.807, 2.05) is 0 Å². The van der Waals surface area contributed by atoms with E-state index in [-0.39, 0.29) is 28.6 Å². The van der Waals surface area contributed by atoms with Crippen LogP contribution in [0, 0.1) is 39.9 Å². The van der Waals surface area contributed by atoms with Crippen molar-refractivity contribution >= 4 is 11.8 Å². The molecule has 0 bridgehead atoms. The maximum Gasteiger partial charge on any atom is 0.356 e. The minimum Gasteiger partial charge on any atom is -0.300 e. The molecule has 4 rings (SSSR count). The minimum atomic E-state index is -0.852. The van der Waals surface area contributed by atoms with E-state index < -0.39 is 5.97 Å². The molecule has 0 amide bonds. The molecule has 0 aliphatic heterocycles. The Kier molecular flexibility index (Phi) is 4.32. The third-order valence-electron chi connectivity index (χ3n) is 10.00. The largest absolute Gasteiger partial charge is 0.356 e. The number of Topliss-reactive ketones (excluding diaryl/α,β-unsaturated/α-hetero) is 1. The molecule has 0 unspecified atom stereocenters. The molecule has 145 valence electrons. The number of carbonyl (C=O) groups is 2. The predicted octanol–water partition coefficient (Wildman–Crippen LogP) is 5.34. The van der Waals surface area contributed by atoms with Crippen LogP contribution in [-0.4, -0.2) is 11.8 Å². The van der Waals surface area contributed by atoms with E-state index >= 15 is 0 Å². The third kappa shape index (κ3) is 2.37. The second-order valence-electron chi connectivity index (χ2n) is 10.7. The van der Waals surface area contributed by atoms with Gasteiger partial charge in [0.15, 0.2) is 0 Å². The number of fused-ring (bicyclic) bond motifs is 5. The molecule has 0 aromatic carbocycles. The van der Waals surface area contributed by atoms with Crippen molar-refractivity contribution in [2.24, 2.45) is 39.9 Å². The van der Waals surface area contributed by atoms with Gasteiger partial charge in [0.2, 0.25) is 0 Å². The van der Waals surface area contributed by atoms with E-state index in [9.17, 15) is 14.7 Å². The Hall–Kier alpha value is -0.860. The van der Waals surface area contributed by atoms with Crippen LogP contribution in [0.25, 0.3) is 0 Å². The molecule has 4 saturated carbocycles. The van der Waals surface area contributed by atoms with Crippen LogP contribution in [0.4, 0.5) is 0 Å². The molecule has 4 aliphatic carbocycles. The summed E-state index contributed by atoms with van der Waals surface area (Å²) in [4.78, 5) is 23.9. The van der Waals surface area contributed by atoms with Gasteiger partial charge in [-0.3, -0.25) is 4.79 Å². The van der Waals surface area contributed by atoms with Crippen LogP contribution in [0.15, 0.2) is 0 Å². The summed E-state index contributed by atoms with van der Waals surface area (Å²) < 4.78 is 0. The summed E-state index contributed by atoms with van der Waals surface area (Å²) >= 11 is 0. The van der Waals surface area contributed by atoms with E-state index in [0.717, 1.165) is 25.7 Å². The lowest BCUT2D eigenvalue weighted by molar-refractivity contribution is -0.178. The van der Waals surface area contributed by atoms with Crippen LogP contribution in [0.2, 0.25) is 0 Å². The van der Waals surface area contributed by atoms with E-state index in [0.29, 0.717) is 23.5 Å². The standard InChI is InChI=1S/C23H35O3/c1-15(24)17-6-7-18-16-8-13-23(14-20(25)26)11-5-4-10-22(23,3)19(16)9-12-21(17,18)2/h16-19H,4-14H2,1-3H3/t16-,17-,18+,19+,21-,22+,23+/m1/s1. The van der Waals surface area contributed by atoms with Gasteiger partial charge in [-0.2, -0.15) is 0 Å². The molecule has 3 heteroatoms. The van der Waals surface area contributed by atoms with Gasteiger partial charge in [0.25, 0.3) is 0 Å². The summed E-state index contributed by atoms with van der Waals surface area (Å²) in [5, 5.41) is 11.6. The summed E-state index contributed by atoms with van der Waals surface area (Å²) in [7, 11) is 0. The topological polar surface area (TPSA) is 54.0 Å². The molecule has 0 spiro atoms. The first-order valence-electron chi connectivity index (χ1n) is 10.9. The van der Waals surface area contributed by atoms with Crippen molar-refractivity contribution in [3.05, 3.63) is 0 Å². The zero-order chi connectivity index (χ0) is 18.7. The van der Waals surface area contributed by atoms with Crippen molar-refractivity contribution in [1.29, 1.82) is 0 Å².